The van der Waals surface area contributed by atoms with Crippen molar-refractivity contribution in [3.63, 3.8) is 0 Å². The standard InChI is InChI=1S/C26H14Cl6F2N4O3/c27-13-2-1-11(36-25(41)20-19(26(20,31)32)10-7-14(28)21(30)15(29)8-10)9-12(13)24(40)37-17-4-3-16(33)23(22(17)34)38-18(39)5-6-35/h1-4,7-9,19-20H,5H2,(H,36,41)(H,37,40)(H,38,39)/t19-,20+/m0/s1. The van der Waals surface area contributed by atoms with Gasteiger partial charge < -0.3 is 16.0 Å². The summed E-state index contributed by atoms with van der Waals surface area (Å²) in [5, 5.41) is 15.8. The van der Waals surface area contributed by atoms with E-state index >= 15 is 0 Å². The first kappa shape index (κ1) is 31.1. The zero-order valence-electron chi connectivity index (χ0n) is 20.1. The number of alkyl halides is 2. The van der Waals surface area contributed by atoms with E-state index in [9.17, 15) is 23.2 Å². The minimum Gasteiger partial charge on any atom is -0.326 e. The fourth-order valence-electron chi connectivity index (χ4n) is 4.03. The average Bonchev–Trinajstić information content (AvgIpc) is 3.49. The first-order chi connectivity index (χ1) is 19.3. The van der Waals surface area contributed by atoms with Crippen molar-refractivity contribution in [1.29, 1.82) is 5.26 Å². The van der Waals surface area contributed by atoms with Crippen LogP contribution in [-0.4, -0.2) is 22.1 Å². The Morgan fingerprint density at radius 3 is 2.20 bits per heavy atom. The third kappa shape index (κ3) is 6.49. The lowest BCUT2D eigenvalue weighted by atomic mass is 10.1. The van der Waals surface area contributed by atoms with E-state index in [1.165, 1.54) is 30.3 Å². The summed E-state index contributed by atoms with van der Waals surface area (Å²) in [6.45, 7) is 0. The van der Waals surface area contributed by atoms with Gasteiger partial charge in [-0.15, -0.1) is 23.2 Å². The van der Waals surface area contributed by atoms with Crippen LogP contribution in [-0.2, 0) is 9.59 Å². The molecule has 15 heteroatoms. The third-order valence-electron chi connectivity index (χ3n) is 6.02. The molecule has 1 aliphatic rings. The molecule has 0 saturated heterocycles. The molecule has 0 radical (unpaired) electrons. The molecule has 2 atom stereocenters. The number of nitrogens with zero attached hydrogens (tertiary/aromatic N) is 1. The zero-order valence-corrected chi connectivity index (χ0v) is 24.6. The number of amides is 3. The van der Waals surface area contributed by atoms with Gasteiger partial charge in [-0.3, -0.25) is 14.4 Å². The molecule has 3 aromatic rings. The molecule has 1 aliphatic carbocycles. The van der Waals surface area contributed by atoms with Gasteiger partial charge in [0.1, 0.15) is 22.3 Å². The Morgan fingerprint density at radius 2 is 1.56 bits per heavy atom. The van der Waals surface area contributed by atoms with Gasteiger partial charge in [-0.1, -0.05) is 46.4 Å². The number of nitriles is 1. The molecule has 41 heavy (non-hydrogen) atoms. The van der Waals surface area contributed by atoms with Gasteiger partial charge in [0, 0.05) is 11.6 Å². The normalized spacial score (nSPS) is 16.9. The number of carbonyl (C=O) groups excluding carboxylic acids is 3. The van der Waals surface area contributed by atoms with Crippen molar-refractivity contribution >= 4 is 104 Å². The molecule has 3 amide bonds. The van der Waals surface area contributed by atoms with E-state index in [1.54, 1.807) is 6.07 Å². The maximum atomic E-state index is 14.9. The molecule has 0 unspecified atom stereocenters. The van der Waals surface area contributed by atoms with Crippen molar-refractivity contribution in [2.45, 2.75) is 16.7 Å². The molecule has 3 aromatic carbocycles. The largest absolute Gasteiger partial charge is 0.326 e. The van der Waals surface area contributed by atoms with Gasteiger partial charge in [0.2, 0.25) is 11.8 Å². The molecular weight excluding hydrogens is 667 g/mol. The van der Waals surface area contributed by atoms with E-state index in [4.69, 9.17) is 74.9 Å². The van der Waals surface area contributed by atoms with Gasteiger partial charge in [0.25, 0.3) is 5.91 Å². The fourth-order valence-corrected chi connectivity index (χ4v) is 5.67. The Morgan fingerprint density at radius 1 is 0.902 bits per heavy atom. The summed E-state index contributed by atoms with van der Waals surface area (Å²) in [6.07, 6.45) is -0.638. The number of nitrogens with one attached hydrogen (secondary N) is 3. The maximum Gasteiger partial charge on any atom is 0.257 e. The maximum absolute atomic E-state index is 14.9. The van der Waals surface area contributed by atoms with Gasteiger partial charge in [-0.05, 0) is 48.0 Å². The van der Waals surface area contributed by atoms with Gasteiger partial charge in [-0.25, -0.2) is 8.78 Å². The van der Waals surface area contributed by atoms with Crippen molar-refractivity contribution in [3.8, 4) is 6.07 Å². The minimum atomic E-state index is -1.49. The molecule has 1 fully saturated rings. The number of rotatable bonds is 7. The predicted molar refractivity (Wildman–Crippen MR) is 155 cm³/mol. The quantitative estimate of drug-likeness (QED) is 0.173. The number of halogens is 8. The van der Waals surface area contributed by atoms with E-state index in [0.717, 1.165) is 12.1 Å². The molecule has 1 saturated carbocycles. The first-order valence-corrected chi connectivity index (χ1v) is 13.6. The second-order valence-corrected chi connectivity index (χ2v) is 11.8. The van der Waals surface area contributed by atoms with E-state index < -0.39 is 63.3 Å². The number of hydrogen-bond acceptors (Lipinski definition) is 4. The highest BCUT2D eigenvalue weighted by atomic mass is 35.5. The van der Waals surface area contributed by atoms with Crippen LogP contribution in [0.3, 0.4) is 0 Å². The highest BCUT2D eigenvalue weighted by Gasteiger charge is 2.67. The molecule has 4 rings (SSSR count). The van der Waals surface area contributed by atoms with E-state index in [2.05, 4.69) is 10.6 Å². The third-order valence-corrected chi connectivity index (χ3v) is 8.49. The topological polar surface area (TPSA) is 111 Å². The molecule has 7 nitrogen and oxygen atoms in total. The van der Waals surface area contributed by atoms with Crippen LogP contribution in [0.15, 0.2) is 42.5 Å². The predicted octanol–water partition coefficient (Wildman–Crippen LogP) is 8.21. The molecule has 0 heterocycles. The van der Waals surface area contributed by atoms with Crippen LogP contribution in [0.5, 0.6) is 0 Å². The van der Waals surface area contributed by atoms with Gasteiger partial charge in [0.05, 0.1) is 43.3 Å². The van der Waals surface area contributed by atoms with Crippen molar-refractivity contribution in [1.82, 2.24) is 0 Å². The Balaban J connectivity index is 1.52. The van der Waals surface area contributed by atoms with Crippen LogP contribution >= 0.6 is 69.6 Å². The summed E-state index contributed by atoms with van der Waals surface area (Å²) in [6, 6.07) is 10.3. The molecule has 0 aromatic heterocycles. The van der Waals surface area contributed by atoms with Gasteiger partial charge in [0.15, 0.2) is 5.82 Å². The van der Waals surface area contributed by atoms with E-state index in [-0.39, 0.29) is 31.3 Å². The highest BCUT2D eigenvalue weighted by Crippen LogP contribution is 2.65. The first-order valence-electron chi connectivity index (χ1n) is 11.3. The highest BCUT2D eigenvalue weighted by molar-refractivity contribution is 6.54. The summed E-state index contributed by atoms with van der Waals surface area (Å²) in [5.41, 5.74) is -0.868. The number of benzene rings is 3. The van der Waals surface area contributed by atoms with Crippen molar-refractivity contribution in [3.05, 3.63) is 85.3 Å². The van der Waals surface area contributed by atoms with Crippen LogP contribution < -0.4 is 16.0 Å². The van der Waals surface area contributed by atoms with Crippen molar-refractivity contribution < 1.29 is 23.2 Å². The number of carbonyl (C=O) groups is 3. The Labute approximate surface area is 261 Å². The summed E-state index contributed by atoms with van der Waals surface area (Å²) < 4.78 is 27.5. The minimum absolute atomic E-state index is 0.0515. The lowest BCUT2D eigenvalue weighted by Crippen LogP contribution is -2.19. The van der Waals surface area contributed by atoms with Crippen LogP contribution in [0.25, 0.3) is 0 Å². The summed E-state index contributed by atoms with van der Waals surface area (Å²) >= 11 is 37.1. The molecule has 0 spiro atoms. The summed E-state index contributed by atoms with van der Waals surface area (Å²) in [7, 11) is 0. The Bertz CT molecular complexity index is 1620. The van der Waals surface area contributed by atoms with Crippen molar-refractivity contribution in [2.75, 3.05) is 16.0 Å². The fraction of sp³-hybridized carbons (Fsp3) is 0.154. The lowest BCUT2D eigenvalue weighted by Gasteiger charge is -2.13. The summed E-state index contributed by atoms with van der Waals surface area (Å²) in [4.78, 5) is 37.7. The smallest absolute Gasteiger partial charge is 0.257 e. The van der Waals surface area contributed by atoms with E-state index in [1.807, 2.05) is 5.32 Å². The van der Waals surface area contributed by atoms with Crippen LogP contribution in [0.1, 0.15) is 28.3 Å². The Kier molecular flexibility index (Phi) is 9.24. The zero-order chi connectivity index (χ0) is 30.2. The molecular formula is C26H14Cl6F2N4O3. The molecule has 212 valence electrons. The number of anilines is 3. The average molecular weight is 681 g/mol. The second-order valence-electron chi connectivity index (χ2n) is 8.73. The van der Waals surface area contributed by atoms with Crippen LogP contribution in [0, 0.1) is 28.9 Å². The Hall–Kier alpha value is -2.84. The molecule has 3 N–H and O–H groups in total. The number of hydrogen-bond donors (Lipinski definition) is 3. The van der Waals surface area contributed by atoms with Gasteiger partial charge in [-0.2, -0.15) is 5.26 Å². The van der Waals surface area contributed by atoms with E-state index in [0.29, 0.717) is 5.56 Å². The summed E-state index contributed by atoms with van der Waals surface area (Å²) in [5.74, 6) is -6.44. The monoisotopic (exact) mass is 678 g/mol. The van der Waals surface area contributed by atoms with Crippen LogP contribution in [0.2, 0.25) is 20.1 Å². The molecule has 0 bridgehead atoms. The molecule has 0 aliphatic heterocycles. The van der Waals surface area contributed by atoms with Gasteiger partial charge >= 0.3 is 0 Å². The lowest BCUT2D eigenvalue weighted by molar-refractivity contribution is -0.117. The second kappa shape index (κ2) is 12.2. The van der Waals surface area contributed by atoms with Crippen LogP contribution in [0.4, 0.5) is 25.8 Å². The van der Waals surface area contributed by atoms with Crippen molar-refractivity contribution in [2.24, 2.45) is 5.92 Å². The SMILES string of the molecule is N#CCC(=O)Nc1c(F)ccc(NC(=O)c2cc(NC(=O)[C@H]3[C@H](c4cc(Cl)c(Cl)c(Cl)c4)C3(Cl)Cl)ccc2Cl)c1F.